The smallest absolute Gasteiger partial charge is 0.237 e. The number of amides is 1. The lowest BCUT2D eigenvalue weighted by molar-refractivity contribution is -0.129. The van der Waals surface area contributed by atoms with E-state index in [1.54, 1.807) is 36.2 Å². The second kappa shape index (κ2) is 5.80. The minimum atomic E-state index is -3.48. The molecule has 1 heterocycles. The van der Waals surface area contributed by atoms with Gasteiger partial charge in [0.15, 0.2) is 0 Å². The van der Waals surface area contributed by atoms with Crippen molar-refractivity contribution in [3.8, 4) is 0 Å². The molecule has 7 heteroatoms. The number of hydrogen-bond donors (Lipinski definition) is 1. The van der Waals surface area contributed by atoms with Crippen molar-refractivity contribution in [2.45, 2.75) is 12.2 Å². The fraction of sp³-hybridized carbons (Fsp3) is 0.462. The Labute approximate surface area is 119 Å². The van der Waals surface area contributed by atoms with Gasteiger partial charge in [-0.2, -0.15) is 4.31 Å². The summed E-state index contributed by atoms with van der Waals surface area (Å²) in [5.41, 5.74) is 6.84. The molecule has 2 N–H and O–H groups in total. The van der Waals surface area contributed by atoms with Crippen LogP contribution in [0, 0.1) is 0 Å². The molecule has 6 nitrogen and oxygen atoms in total. The zero-order chi connectivity index (χ0) is 14.8. The van der Waals surface area contributed by atoms with Crippen molar-refractivity contribution in [3.63, 3.8) is 0 Å². The number of carbonyl (C=O) groups excluding carboxylic acids is 1. The fourth-order valence-corrected chi connectivity index (χ4v) is 3.62. The lowest BCUT2D eigenvalue weighted by Crippen LogP contribution is -2.38. The first-order chi connectivity index (χ1) is 9.38. The number of nitrogens with two attached hydrogens (primary N) is 1. The number of likely N-dealkylation sites (N-methyl/N-ethyl adjacent to an activating group) is 1. The number of nitrogen functional groups attached to an aromatic ring is 1. The molecule has 110 valence electrons. The number of sulfonamides is 1. The van der Waals surface area contributed by atoms with E-state index in [-0.39, 0.29) is 18.2 Å². The van der Waals surface area contributed by atoms with Crippen LogP contribution in [0.1, 0.15) is 12.0 Å². The largest absolute Gasteiger partial charge is 0.399 e. The van der Waals surface area contributed by atoms with Gasteiger partial charge in [0.05, 0.1) is 12.3 Å². The van der Waals surface area contributed by atoms with Gasteiger partial charge >= 0.3 is 0 Å². The lowest BCUT2D eigenvalue weighted by atomic mass is 10.2. The summed E-state index contributed by atoms with van der Waals surface area (Å²) in [6, 6.07) is 6.73. The molecule has 0 aromatic heterocycles. The van der Waals surface area contributed by atoms with E-state index in [2.05, 4.69) is 0 Å². The maximum absolute atomic E-state index is 12.4. The van der Waals surface area contributed by atoms with Crippen LogP contribution in [0.3, 0.4) is 0 Å². The second-order valence-electron chi connectivity index (χ2n) is 5.00. The van der Waals surface area contributed by atoms with Gasteiger partial charge < -0.3 is 10.6 Å². The van der Waals surface area contributed by atoms with Crippen molar-refractivity contribution in [1.29, 1.82) is 0 Å². The Kier molecular flexibility index (Phi) is 4.29. The molecule has 1 aliphatic heterocycles. The van der Waals surface area contributed by atoms with Gasteiger partial charge in [0.2, 0.25) is 15.9 Å². The average molecular weight is 297 g/mol. The number of rotatable bonds is 3. The molecule has 1 amide bonds. The Hall–Kier alpha value is -1.60. The molecule has 2 rings (SSSR count). The molecule has 1 aromatic carbocycles. The molecule has 0 bridgehead atoms. The number of carbonyl (C=O) groups is 1. The fourth-order valence-electron chi connectivity index (χ4n) is 2.11. The quantitative estimate of drug-likeness (QED) is 0.811. The van der Waals surface area contributed by atoms with Gasteiger partial charge in [-0.1, -0.05) is 12.1 Å². The Bertz CT molecular complexity index is 583. The van der Waals surface area contributed by atoms with Crippen LogP contribution in [0.25, 0.3) is 0 Å². The number of anilines is 1. The topological polar surface area (TPSA) is 83.7 Å². The SMILES string of the molecule is CN1CCCN(S(=O)(=O)Cc2ccc(N)cc2)CC1=O. The predicted octanol–water partition coefficient (Wildman–Crippen LogP) is 0.263. The summed E-state index contributed by atoms with van der Waals surface area (Å²) in [6.07, 6.45) is 0.656. The van der Waals surface area contributed by atoms with Gasteiger partial charge in [-0.15, -0.1) is 0 Å². The second-order valence-corrected chi connectivity index (χ2v) is 6.97. The van der Waals surface area contributed by atoms with Gasteiger partial charge in [0, 0.05) is 25.8 Å². The van der Waals surface area contributed by atoms with Crippen LogP contribution in [0.2, 0.25) is 0 Å². The highest BCUT2D eigenvalue weighted by atomic mass is 32.2. The molecular weight excluding hydrogens is 278 g/mol. The Morgan fingerprint density at radius 1 is 1.20 bits per heavy atom. The monoisotopic (exact) mass is 297 g/mol. The molecule has 1 aliphatic rings. The summed E-state index contributed by atoms with van der Waals surface area (Å²) in [7, 11) is -1.79. The van der Waals surface area contributed by atoms with Crippen LogP contribution < -0.4 is 5.73 Å². The zero-order valence-corrected chi connectivity index (χ0v) is 12.3. The summed E-state index contributed by atoms with van der Waals surface area (Å²) >= 11 is 0. The first kappa shape index (κ1) is 14.8. The molecular formula is C13H19N3O3S. The molecule has 20 heavy (non-hydrogen) atoms. The minimum absolute atomic E-state index is 0.0756. The van der Waals surface area contributed by atoms with E-state index >= 15 is 0 Å². The average Bonchev–Trinajstić information content (AvgIpc) is 2.55. The Morgan fingerprint density at radius 3 is 2.50 bits per heavy atom. The van der Waals surface area contributed by atoms with E-state index in [1.165, 1.54) is 4.31 Å². The van der Waals surface area contributed by atoms with Crippen molar-refractivity contribution in [3.05, 3.63) is 29.8 Å². The summed E-state index contributed by atoms with van der Waals surface area (Å²) in [5, 5.41) is 0. The minimum Gasteiger partial charge on any atom is -0.399 e. The maximum Gasteiger partial charge on any atom is 0.237 e. The number of benzene rings is 1. The number of hydrogen-bond acceptors (Lipinski definition) is 4. The van der Waals surface area contributed by atoms with Gasteiger partial charge in [-0.05, 0) is 24.1 Å². The van der Waals surface area contributed by atoms with E-state index in [9.17, 15) is 13.2 Å². The van der Waals surface area contributed by atoms with Crippen LogP contribution >= 0.6 is 0 Å². The van der Waals surface area contributed by atoms with Crippen LogP contribution in [-0.2, 0) is 20.6 Å². The molecule has 0 spiro atoms. The molecule has 0 aliphatic carbocycles. The van der Waals surface area contributed by atoms with Gasteiger partial charge in [0.25, 0.3) is 0 Å². The van der Waals surface area contributed by atoms with Gasteiger partial charge in [-0.3, -0.25) is 4.79 Å². The Morgan fingerprint density at radius 2 is 1.85 bits per heavy atom. The van der Waals surface area contributed by atoms with Crippen LogP contribution in [0.4, 0.5) is 5.69 Å². The number of nitrogens with zero attached hydrogens (tertiary/aromatic N) is 2. The summed E-state index contributed by atoms with van der Waals surface area (Å²) < 4.78 is 26.0. The normalized spacial score (nSPS) is 18.1. The van der Waals surface area contributed by atoms with Gasteiger partial charge in [-0.25, -0.2) is 8.42 Å². The zero-order valence-electron chi connectivity index (χ0n) is 11.4. The van der Waals surface area contributed by atoms with E-state index < -0.39 is 10.0 Å². The molecule has 0 radical (unpaired) electrons. The highest BCUT2D eigenvalue weighted by molar-refractivity contribution is 7.88. The van der Waals surface area contributed by atoms with E-state index in [4.69, 9.17) is 5.73 Å². The van der Waals surface area contributed by atoms with Crippen LogP contribution in [0.5, 0.6) is 0 Å². The van der Waals surface area contributed by atoms with Crippen molar-refractivity contribution in [2.24, 2.45) is 0 Å². The van der Waals surface area contributed by atoms with Crippen molar-refractivity contribution in [1.82, 2.24) is 9.21 Å². The summed E-state index contributed by atoms with van der Waals surface area (Å²) in [5.74, 6) is -0.270. The Balaban J connectivity index is 2.13. The maximum atomic E-state index is 12.4. The standard InChI is InChI=1S/C13H19N3O3S/c1-15-7-2-8-16(9-13(15)17)20(18,19)10-11-3-5-12(14)6-4-11/h3-6H,2,7-10,14H2,1H3. The third-order valence-corrected chi connectivity index (χ3v) is 5.16. The predicted molar refractivity (Wildman–Crippen MR) is 77.3 cm³/mol. The van der Waals surface area contributed by atoms with Crippen LogP contribution in [-0.4, -0.2) is 50.2 Å². The third-order valence-electron chi connectivity index (χ3n) is 3.36. The van der Waals surface area contributed by atoms with Crippen molar-refractivity contribution >= 4 is 21.6 Å². The molecule has 1 saturated heterocycles. The first-order valence-corrected chi connectivity index (χ1v) is 8.05. The van der Waals surface area contributed by atoms with Crippen molar-refractivity contribution in [2.75, 3.05) is 32.4 Å². The van der Waals surface area contributed by atoms with E-state index in [0.717, 1.165) is 0 Å². The summed E-state index contributed by atoms with van der Waals surface area (Å²) in [6.45, 7) is 0.897. The third kappa shape index (κ3) is 3.49. The molecule has 0 atom stereocenters. The van der Waals surface area contributed by atoms with E-state index in [1.807, 2.05) is 0 Å². The highest BCUT2D eigenvalue weighted by Crippen LogP contribution is 2.15. The molecule has 0 saturated carbocycles. The molecule has 1 aromatic rings. The van der Waals surface area contributed by atoms with Crippen molar-refractivity contribution < 1.29 is 13.2 Å². The lowest BCUT2D eigenvalue weighted by Gasteiger charge is -2.19. The van der Waals surface area contributed by atoms with Gasteiger partial charge in [0.1, 0.15) is 0 Å². The van der Waals surface area contributed by atoms with Crippen LogP contribution in [0.15, 0.2) is 24.3 Å². The summed E-state index contributed by atoms with van der Waals surface area (Å²) in [4.78, 5) is 13.3. The van der Waals surface area contributed by atoms with E-state index in [0.29, 0.717) is 30.8 Å². The molecule has 0 unspecified atom stereocenters. The highest BCUT2D eigenvalue weighted by Gasteiger charge is 2.28. The molecule has 1 fully saturated rings. The first-order valence-electron chi connectivity index (χ1n) is 6.45.